The molecule has 0 radical (unpaired) electrons. The molecule has 3 heterocycles. The number of H-pyrrole nitrogens is 2. The van der Waals surface area contributed by atoms with E-state index in [2.05, 4.69) is 30.5 Å². The standard InChI is InChI=1S/C17H14N6O/c24-17(13-3-1-2-11-6-9-19-15(11)13)20-10-14-21-16(23-22-14)12-4-7-18-8-5-12/h1-9,19H,10H2,(H,20,24)(H,21,22,23). The number of carbonyl (C=O) groups excluding carboxylic acids is 1. The molecule has 3 aromatic heterocycles. The zero-order chi connectivity index (χ0) is 16.4. The second-order valence-corrected chi connectivity index (χ2v) is 5.27. The lowest BCUT2D eigenvalue weighted by Crippen LogP contribution is -2.23. The molecule has 0 spiro atoms. The van der Waals surface area contributed by atoms with E-state index in [0.29, 0.717) is 17.2 Å². The predicted molar refractivity (Wildman–Crippen MR) is 89.1 cm³/mol. The third kappa shape index (κ3) is 2.63. The van der Waals surface area contributed by atoms with Gasteiger partial charge in [-0.1, -0.05) is 12.1 Å². The van der Waals surface area contributed by atoms with Crippen LogP contribution in [-0.4, -0.2) is 31.1 Å². The van der Waals surface area contributed by atoms with E-state index in [9.17, 15) is 4.79 Å². The summed E-state index contributed by atoms with van der Waals surface area (Å²) in [6.07, 6.45) is 5.19. The van der Waals surface area contributed by atoms with Crippen LogP contribution < -0.4 is 5.32 Å². The number of hydrogen-bond acceptors (Lipinski definition) is 4. The molecule has 3 N–H and O–H groups in total. The number of nitrogens with zero attached hydrogens (tertiary/aromatic N) is 3. The van der Waals surface area contributed by atoms with Gasteiger partial charge in [-0.2, -0.15) is 5.10 Å². The van der Waals surface area contributed by atoms with Gasteiger partial charge in [0.05, 0.1) is 17.6 Å². The van der Waals surface area contributed by atoms with E-state index in [1.807, 2.05) is 36.5 Å². The number of pyridine rings is 1. The van der Waals surface area contributed by atoms with Crippen molar-refractivity contribution in [3.63, 3.8) is 0 Å². The highest BCUT2D eigenvalue weighted by atomic mass is 16.1. The summed E-state index contributed by atoms with van der Waals surface area (Å²) in [7, 11) is 0. The van der Waals surface area contributed by atoms with Crippen LogP contribution in [0.2, 0.25) is 0 Å². The molecule has 4 aromatic rings. The van der Waals surface area contributed by atoms with Crippen molar-refractivity contribution in [3.8, 4) is 11.4 Å². The van der Waals surface area contributed by atoms with Crippen LogP contribution in [0.25, 0.3) is 22.3 Å². The molecule has 0 fully saturated rings. The van der Waals surface area contributed by atoms with Crippen molar-refractivity contribution in [3.05, 3.63) is 66.4 Å². The molecule has 118 valence electrons. The Morgan fingerprint density at radius 3 is 2.88 bits per heavy atom. The molecule has 1 aromatic carbocycles. The molecule has 0 unspecified atom stereocenters. The summed E-state index contributed by atoms with van der Waals surface area (Å²) in [6, 6.07) is 11.2. The molecule has 0 bridgehead atoms. The summed E-state index contributed by atoms with van der Waals surface area (Å²) in [6.45, 7) is 0.272. The van der Waals surface area contributed by atoms with Crippen LogP contribution in [0.3, 0.4) is 0 Å². The molecule has 0 aliphatic rings. The largest absolute Gasteiger partial charge is 0.361 e. The first kappa shape index (κ1) is 14.1. The summed E-state index contributed by atoms with van der Waals surface area (Å²) >= 11 is 0. The van der Waals surface area contributed by atoms with E-state index < -0.39 is 0 Å². The number of hydrogen-bond donors (Lipinski definition) is 3. The number of fused-ring (bicyclic) bond motifs is 1. The molecule has 7 heteroatoms. The van der Waals surface area contributed by atoms with Crippen molar-refractivity contribution in [2.24, 2.45) is 0 Å². The average Bonchev–Trinajstić information content (AvgIpc) is 3.29. The average molecular weight is 318 g/mol. The Kier molecular flexibility index (Phi) is 3.51. The Morgan fingerprint density at radius 1 is 1.12 bits per heavy atom. The van der Waals surface area contributed by atoms with Gasteiger partial charge in [0, 0.05) is 29.5 Å². The summed E-state index contributed by atoms with van der Waals surface area (Å²) in [4.78, 5) is 23.8. The molecule has 1 amide bonds. The zero-order valence-electron chi connectivity index (χ0n) is 12.7. The van der Waals surface area contributed by atoms with E-state index in [1.165, 1.54) is 0 Å². The normalized spacial score (nSPS) is 10.8. The van der Waals surface area contributed by atoms with Gasteiger partial charge in [0.1, 0.15) is 5.82 Å². The lowest BCUT2D eigenvalue weighted by atomic mass is 10.1. The Morgan fingerprint density at radius 2 is 2.00 bits per heavy atom. The fraction of sp³-hybridized carbons (Fsp3) is 0.0588. The van der Waals surface area contributed by atoms with Crippen molar-refractivity contribution < 1.29 is 4.79 Å². The van der Waals surface area contributed by atoms with E-state index in [-0.39, 0.29) is 12.5 Å². The summed E-state index contributed by atoms with van der Waals surface area (Å²) in [5.41, 5.74) is 2.30. The van der Waals surface area contributed by atoms with E-state index in [1.54, 1.807) is 18.5 Å². The van der Waals surface area contributed by atoms with Crippen LogP contribution in [0, 0.1) is 0 Å². The number of amides is 1. The molecular weight excluding hydrogens is 304 g/mol. The van der Waals surface area contributed by atoms with Crippen molar-refractivity contribution >= 4 is 16.8 Å². The smallest absolute Gasteiger partial charge is 0.253 e. The van der Waals surface area contributed by atoms with E-state index in [0.717, 1.165) is 16.5 Å². The van der Waals surface area contributed by atoms with Crippen molar-refractivity contribution in [1.82, 2.24) is 30.5 Å². The Hall–Kier alpha value is -3.48. The van der Waals surface area contributed by atoms with Crippen LogP contribution in [0.4, 0.5) is 0 Å². The highest BCUT2D eigenvalue weighted by molar-refractivity contribution is 6.05. The fourth-order valence-corrected chi connectivity index (χ4v) is 2.54. The van der Waals surface area contributed by atoms with Crippen LogP contribution in [0.15, 0.2) is 55.0 Å². The van der Waals surface area contributed by atoms with Crippen LogP contribution in [-0.2, 0) is 6.54 Å². The molecule has 0 saturated carbocycles. The fourth-order valence-electron chi connectivity index (χ4n) is 2.54. The maximum atomic E-state index is 12.4. The molecule has 7 nitrogen and oxygen atoms in total. The van der Waals surface area contributed by atoms with Gasteiger partial charge < -0.3 is 10.3 Å². The predicted octanol–water partition coefficient (Wildman–Crippen LogP) is 2.28. The van der Waals surface area contributed by atoms with Crippen LogP contribution in [0.1, 0.15) is 16.2 Å². The molecule has 0 saturated heterocycles. The molecule has 0 atom stereocenters. The number of aromatic amines is 2. The summed E-state index contributed by atoms with van der Waals surface area (Å²) in [5, 5.41) is 10.9. The Bertz CT molecular complexity index is 988. The van der Waals surface area contributed by atoms with Crippen LogP contribution >= 0.6 is 0 Å². The molecule has 0 aliphatic heterocycles. The van der Waals surface area contributed by atoms with E-state index >= 15 is 0 Å². The van der Waals surface area contributed by atoms with Gasteiger partial charge in [-0.05, 0) is 24.3 Å². The second kappa shape index (κ2) is 5.96. The number of carbonyl (C=O) groups is 1. The van der Waals surface area contributed by atoms with Gasteiger partial charge in [0.2, 0.25) is 0 Å². The highest BCUT2D eigenvalue weighted by Crippen LogP contribution is 2.17. The third-order valence-corrected chi connectivity index (χ3v) is 3.72. The van der Waals surface area contributed by atoms with Gasteiger partial charge >= 0.3 is 0 Å². The van der Waals surface area contributed by atoms with E-state index in [4.69, 9.17) is 0 Å². The van der Waals surface area contributed by atoms with Crippen molar-refractivity contribution in [1.29, 1.82) is 0 Å². The Labute approximate surface area is 137 Å². The monoisotopic (exact) mass is 318 g/mol. The number of benzene rings is 1. The number of rotatable bonds is 4. The number of aromatic nitrogens is 5. The quantitative estimate of drug-likeness (QED) is 0.537. The SMILES string of the molecule is O=C(NCc1nc(-c2ccncc2)n[nH]1)c1cccc2cc[nH]c12. The van der Waals surface area contributed by atoms with Crippen molar-refractivity contribution in [2.75, 3.05) is 0 Å². The number of para-hydroxylation sites is 1. The summed E-state index contributed by atoms with van der Waals surface area (Å²) in [5.74, 6) is 1.01. The maximum absolute atomic E-state index is 12.4. The number of nitrogens with one attached hydrogen (secondary N) is 3. The third-order valence-electron chi connectivity index (χ3n) is 3.72. The van der Waals surface area contributed by atoms with Gasteiger partial charge in [-0.15, -0.1) is 0 Å². The van der Waals surface area contributed by atoms with Crippen molar-refractivity contribution in [2.45, 2.75) is 6.54 Å². The first-order chi connectivity index (χ1) is 11.8. The highest BCUT2D eigenvalue weighted by Gasteiger charge is 2.12. The minimum absolute atomic E-state index is 0.162. The molecular formula is C17H14N6O. The second-order valence-electron chi connectivity index (χ2n) is 5.27. The van der Waals surface area contributed by atoms with Crippen LogP contribution in [0.5, 0.6) is 0 Å². The van der Waals surface area contributed by atoms with Gasteiger partial charge in [-0.25, -0.2) is 4.98 Å². The zero-order valence-corrected chi connectivity index (χ0v) is 12.7. The minimum Gasteiger partial charge on any atom is -0.361 e. The Balaban J connectivity index is 1.48. The first-order valence-corrected chi connectivity index (χ1v) is 7.47. The topological polar surface area (TPSA) is 99.3 Å². The van der Waals surface area contributed by atoms with Gasteiger partial charge in [0.15, 0.2) is 5.82 Å². The lowest BCUT2D eigenvalue weighted by molar-refractivity contribution is 0.0951. The minimum atomic E-state index is -0.162. The van der Waals surface area contributed by atoms with Gasteiger partial charge in [0.25, 0.3) is 5.91 Å². The molecule has 4 rings (SSSR count). The first-order valence-electron chi connectivity index (χ1n) is 7.47. The molecule has 24 heavy (non-hydrogen) atoms. The maximum Gasteiger partial charge on any atom is 0.253 e. The molecule has 0 aliphatic carbocycles. The van der Waals surface area contributed by atoms with Gasteiger partial charge in [-0.3, -0.25) is 14.9 Å². The summed E-state index contributed by atoms with van der Waals surface area (Å²) < 4.78 is 0. The lowest BCUT2D eigenvalue weighted by Gasteiger charge is -2.04.